The van der Waals surface area contributed by atoms with E-state index in [1.807, 2.05) is 36.4 Å². The van der Waals surface area contributed by atoms with Gasteiger partial charge in [0.2, 0.25) is 5.91 Å². The molecule has 2 N–H and O–H groups in total. The first-order chi connectivity index (χ1) is 18.2. The molecule has 37 heavy (non-hydrogen) atoms. The first-order valence-corrected chi connectivity index (χ1v) is 14.7. The summed E-state index contributed by atoms with van der Waals surface area (Å²) in [5.41, 5.74) is 2.16. The summed E-state index contributed by atoms with van der Waals surface area (Å²) < 4.78 is 0. The predicted molar refractivity (Wildman–Crippen MR) is 158 cm³/mol. The Kier molecular flexibility index (Phi) is 16.2. The van der Waals surface area contributed by atoms with Gasteiger partial charge < -0.3 is 15.3 Å². The van der Waals surface area contributed by atoms with Crippen LogP contribution < -0.4 is 10.2 Å². The number of unbranched alkanes of at least 4 members (excludes halogenated alkanes) is 8. The van der Waals surface area contributed by atoms with Gasteiger partial charge in [0, 0.05) is 17.8 Å². The molecule has 4 heteroatoms. The third-order valence-electron chi connectivity index (χ3n) is 6.84. The van der Waals surface area contributed by atoms with Crippen LogP contribution in [0.15, 0.2) is 72.8 Å². The third kappa shape index (κ3) is 13.0. The van der Waals surface area contributed by atoms with Crippen LogP contribution in [-0.4, -0.2) is 23.3 Å². The molecule has 2 aromatic carbocycles. The maximum absolute atomic E-state index is 12.8. The van der Waals surface area contributed by atoms with Gasteiger partial charge in [0.15, 0.2) is 0 Å². The zero-order valence-corrected chi connectivity index (χ0v) is 23.3. The largest absolute Gasteiger partial charge is 0.393 e. The van der Waals surface area contributed by atoms with Crippen molar-refractivity contribution in [1.82, 2.24) is 5.32 Å². The maximum Gasteiger partial charge on any atom is 0.221 e. The van der Waals surface area contributed by atoms with Gasteiger partial charge in [-0.05, 0) is 62.8 Å². The number of hydrogen-bond acceptors (Lipinski definition) is 3. The van der Waals surface area contributed by atoms with E-state index in [-0.39, 0.29) is 18.2 Å². The van der Waals surface area contributed by atoms with Crippen molar-refractivity contribution >= 4 is 17.3 Å². The fraction of sp³-hybridized carbons (Fsp3) is 0.545. The van der Waals surface area contributed by atoms with Crippen molar-refractivity contribution in [2.75, 3.05) is 4.90 Å². The Hall–Kier alpha value is -2.59. The Balaban J connectivity index is 1.63. The number of benzene rings is 2. The van der Waals surface area contributed by atoms with Crippen molar-refractivity contribution < 1.29 is 9.90 Å². The Labute approximate surface area is 226 Å². The van der Waals surface area contributed by atoms with Crippen LogP contribution in [0.3, 0.4) is 0 Å². The molecule has 0 spiro atoms. The minimum absolute atomic E-state index is 0.0843. The van der Waals surface area contributed by atoms with Crippen LogP contribution in [0, 0.1) is 0 Å². The summed E-state index contributed by atoms with van der Waals surface area (Å²) in [7, 11) is 0. The number of anilines is 2. The van der Waals surface area contributed by atoms with Gasteiger partial charge in [-0.15, -0.1) is 0 Å². The SMILES string of the molecule is CCCCCC[C@@H](O)C/C=C\CCCCCCCC(=O)NC(CC)N(c1ccccc1)c1ccccc1. The van der Waals surface area contributed by atoms with Crippen molar-refractivity contribution in [3.63, 3.8) is 0 Å². The van der Waals surface area contributed by atoms with Crippen LogP contribution in [-0.2, 0) is 4.79 Å². The average molecular weight is 507 g/mol. The smallest absolute Gasteiger partial charge is 0.221 e. The van der Waals surface area contributed by atoms with E-state index in [2.05, 4.69) is 60.5 Å². The van der Waals surface area contributed by atoms with Crippen molar-refractivity contribution in [2.24, 2.45) is 0 Å². The Morgan fingerprint density at radius 3 is 2.03 bits per heavy atom. The number of carbonyl (C=O) groups is 1. The molecule has 0 aliphatic carbocycles. The maximum atomic E-state index is 12.8. The lowest BCUT2D eigenvalue weighted by atomic mass is 10.1. The fourth-order valence-corrected chi connectivity index (χ4v) is 4.67. The first-order valence-electron chi connectivity index (χ1n) is 14.7. The monoisotopic (exact) mass is 506 g/mol. The summed E-state index contributed by atoms with van der Waals surface area (Å²) in [5, 5.41) is 13.3. The zero-order valence-electron chi connectivity index (χ0n) is 23.3. The highest BCUT2D eigenvalue weighted by Gasteiger charge is 2.20. The predicted octanol–water partition coefficient (Wildman–Crippen LogP) is 8.69. The number of nitrogens with zero attached hydrogens (tertiary/aromatic N) is 1. The lowest BCUT2D eigenvalue weighted by molar-refractivity contribution is -0.121. The van der Waals surface area contributed by atoms with Crippen LogP contribution in [0.4, 0.5) is 11.4 Å². The fourth-order valence-electron chi connectivity index (χ4n) is 4.67. The van der Waals surface area contributed by atoms with E-state index in [1.54, 1.807) is 0 Å². The number of hydrogen-bond donors (Lipinski definition) is 2. The van der Waals surface area contributed by atoms with Gasteiger partial charge in [-0.25, -0.2) is 0 Å². The second kappa shape index (κ2) is 19.5. The second-order valence-corrected chi connectivity index (χ2v) is 10.0. The van der Waals surface area contributed by atoms with Gasteiger partial charge in [-0.3, -0.25) is 4.79 Å². The Bertz CT molecular complexity index is 814. The van der Waals surface area contributed by atoms with Gasteiger partial charge in [0.1, 0.15) is 6.17 Å². The van der Waals surface area contributed by atoms with Crippen molar-refractivity contribution in [3.05, 3.63) is 72.8 Å². The van der Waals surface area contributed by atoms with E-state index >= 15 is 0 Å². The van der Waals surface area contributed by atoms with Crippen LogP contribution in [0.2, 0.25) is 0 Å². The molecular formula is C33H50N2O2. The number of para-hydroxylation sites is 2. The summed E-state index contributed by atoms with van der Waals surface area (Å²) in [6, 6.07) is 20.5. The average Bonchev–Trinajstić information content (AvgIpc) is 2.93. The van der Waals surface area contributed by atoms with Gasteiger partial charge in [0.25, 0.3) is 0 Å². The standard InChI is InChI=1S/C33H50N2O2/c1-3-5-6-19-26-31(36)27-20-11-9-7-8-10-12-21-28-33(37)34-32(4-2)35(29-22-15-13-16-23-29)30-24-17-14-18-25-30/h11,13-18,20,22-25,31-32,36H,3-10,12,19,21,26-28H2,1-2H3,(H,34,37)/b20-11-/t31-,32?/m1/s1. The van der Waals surface area contributed by atoms with Crippen molar-refractivity contribution in [1.29, 1.82) is 0 Å². The molecule has 1 unspecified atom stereocenters. The highest BCUT2D eigenvalue weighted by molar-refractivity contribution is 5.77. The van der Waals surface area contributed by atoms with Crippen LogP contribution in [0.5, 0.6) is 0 Å². The van der Waals surface area contributed by atoms with E-state index in [0.717, 1.165) is 56.3 Å². The van der Waals surface area contributed by atoms with E-state index in [9.17, 15) is 9.90 Å². The molecule has 2 rings (SSSR count). The normalized spacial score (nSPS) is 12.9. The molecule has 1 amide bonds. The quantitative estimate of drug-likeness (QED) is 0.107. The summed E-state index contributed by atoms with van der Waals surface area (Å²) in [5.74, 6) is 0.125. The Morgan fingerprint density at radius 2 is 1.41 bits per heavy atom. The van der Waals surface area contributed by atoms with Gasteiger partial charge >= 0.3 is 0 Å². The van der Waals surface area contributed by atoms with E-state index in [1.165, 1.54) is 38.5 Å². The van der Waals surface area contributed by atoms with Crippen LogP contribution in [0.1, 0.15) is 104 Å². The molecule has 2 aromatic rings. The number of rotatable bonds is 20. The molecule has 0 bridgehead atoms. The molecule has 0 radical (unpaired) electrons. The van der Waals surface area contributed by atoms with Crippen LogP contribution in [0.25, 0.3) is 0 Å². The van der Waals surface area contributed by atoms with Gasteiger partial charge in [0.05, 0.1) is 6.10 Å². The van der Waals surface area contributed by atoms with Gasteiger partial charge in [-0.1, -0.05) is 107 Å². The number of aliphatic hydroxyl groups excluding tert-OH is 1. The number of aliphatic hydroxyl groups is 1. The molecule has 2 atom stereocenters. The molecular weight excluding hydrogens is 456 g/mol. The van der Waals surface area contributed by atoms with Crippen LogP contribution >= 0.6 is 0 Å². The molecule has 0 fully saturated rings. The molecule has 0 aromatic heterocycles. The van der Waals surface area contributed by atoms with E-state index in [0.29, 0.717) is 6.42 Å². The minimum Gasteiger partial charge on any atom is -0.393 e. The number of nitrogens with one attached hydrogen (secondary N) is 1. The zero-order chi connectivity index (χ0) is 26.6. The summed E-state index contributed by atoms with van der Waals surface area (Å²) in [4.78, 5) is 15.0. The third-order valence-corrected chi connectivity index (χ3v) is 6.84. The molecule has 0 heterocycles. The summed E-state index contributed by atoms with van der Waals surface area (Å²) >= 11 is 0. The highest BCUT2D eigenvalue weighted by atomic mass is 16.3. The molecule has 4 nitrogen and oxygen atoms in total. The van der Waals surface area contributed by atoms with Gasteiger partial charge in [-0.2, -0.15) is 0 Å². The first kappa shape index (κ1) is 30.6. The molecule has 0 saturated heterocycles. The topological polar surface area (TPSA) is 52.6 Å². The number of amides is 1. The summed E-state index contributed by atoms with van der Waals surface area (Å²) in [6.45, 7) is 4.33. The van der Waals surface area contributed by atoms with E-state index < -0.39 is 0 Å². The molecule has 0 aliphatic rings. The lowest BCUT2D eigenvalue weighted by Gasteiger charge is -2.34. The summed E-state index contributed by atoms with van der Waals surface area (Å²) in [6.07, 6.45) is 18.7. The van der Waals surface area contributed by atoms with Crippen molar-refractivity contribution in [3.8, 4) is 0 Å². The highest BCUT2D eigenvalue weighted by Crippen LogP contribution is 2.28. The van der Waals surface area contributed by atoms with E-state index in [4.69, 9.17) is 0 Å². The molecule has 0 aliphatic heterocycles. The van der Waals surface area contributed by atoms with Crippen molar-refractivity contribution in [2.45, 2.75) is 116 Å². The number of allylic oxidation sites excluding steroid dienone is 1. The minimum atomic E-state index is -0.181. The number of carbonyl (C=O) groups excluding carboxylic acids is 1. The lowest BCUT2D eigenvalue weighted by Crippen LogP contribution is -2.45. The molecule has 204 valence electrons. The second-order valence-electron chi connectivity index (χ2n) is 10.0. The Morgan fingerprint density at radius 1 is 0.811 bits per heavy atom. The molecule has 0 saturated carbocycles.